The van der Waals surface area contributed by atoms with Gasteiger partial charge in [0.05, 0.1) is 18.9 Å². The summed E-state index contributed by atoms with van der Waals surface area (Å²) in [7, 11) is 1.58. The number of Topliss-reactive ketones (excluding diaryl/α,β-unsaturated/α-hetero) is 1. The monoisotopic (exact) mass is 451 g/mol. The number of hydrogen-bond acceptors (Lipinski definition) is 5. The fourth-order valence-corrected chi connectivity index (χ4v) is 4.11. The highest BCUT2D eigenvalue weighted by Crippen LogP contribution is 2.43. The molecule has 0 aliphatic carbocycles. The molecule has 1 N–H and O–H groups in total. The zero-order valence-electron chi connectivity index (χ0n) is 17.8. The van der Waals surface area contributed by atoms with Gasteiger partial charge >= 0.3 is 0 Å². The minimum atomic E-state index is -0.937. The van der Waals surface area contributed by atoms with Crippen molar-refractivity contribution in [1.82, 2.24) is 0 Å². The number of anilines is 1. The maximum absolute atomic E-state index is 13.1. The molecule has 164 valence electrons. The van der Waals surface area contributed by atoms with Crippen LogP contribution in [0.2, 0.25) is 5.02 Å². The minimum Gasteiger partial charge on any atom is -0.507 e. The van der Waals surface area contributed by atoms with Crippen LogP contribution < -0.4 is 9.64 Å². The van der Waals surface area contributed by atoms with Crippen LogP contribution in [0.3, 0.4) is 0 Å². The van der Waals surface area contributed by atoms with Gasteiger partial charge in [-0.15, -0.1) is 0 Å². The van der Waals surface area contributed by atoms with Gasteiger partial charge in [0.2, 0.25) is 0 Å². The lowest BCUT2D eigenvalue weighted by atomic mass is 9.95. The van der Waals surface area contributed by atoms with E-state index < -0.39 is 17.7 Å². The van der Waals surface area contributed by atoms with Crippen molar-refractivity contribution in [2.75, 3.05) is 12.0 Å². The largest absolute Gasteiger partial charge is 0.507 e. The highest BCUT2D eigenvalue weighted by molar-refractivity contribution is 6.51. The number of aliphatic hydroxyl groups is 1. The summed E-state index contributed by atoms with van der Waals surface area (Å²) in [6, 6.07) is 14.2. The molecule has 1 fully saturated rings. The first-order chi connectivity index (χ1) is 15.3. The molecular weight excluding hydrogens is 430 g/mol. The van der Waals surface area contributed by atoms with Gasteiger partial charge in [-0.25, -0.2) is 0 Å². The number of furan rings is 1. The number of amides is 1. The lowest BCUT2D eigenvalue weighted by Gasteiger charge is -2.23. The van der Waals surface area contributed by atoms with Crippen LogP contribution in [0.1, 0.15) is 42.7 Å². The van der Waals surface area contributed by atoms with Gasteiger partial charge in [-0.2, -0.15) is 0 Å². The SMILES string of the molecule is COc1ccc(/C(O)=C2/C(=O)C(=O)N(c3cccc(Cl)c3)C2c2ccco2)cc1C(C)C. The average Bonchev–Trinajstić information content (AvgIpc) is 3.39. The normalized spacial score (nSPS) is 17.9. The van der Waals surface area contributed by atoms with E-state index in [1.165, 1.54) is 11.2 Å². The Morgan fingerprint density at radius 2 is 1.91 bits per heavy atom. The maximum atomic E-state index is 13.1. The van der Waals surface area contributed by atoms with E-state index in [2.05, 4.69) is 0 Å². The fraction of sp³-hybridized carbons (Fsp3) is 0.200. The van der Waals surface area contributed by atoms with E-state index in [9.17, 15) is 14.7 Å². The number of ketones is 1. The summed E-state index contributed by atoms with van der Waals surface area (Å²) >= 11 is 6.13. The Bertz CT molecular complexity index is 1210. The summed E-state index contributed by atoms with van der Waals surface area (Å²) < 4.78 is 11.0. The summed E-state index contributed by atoms with van der Waals surface area (Å²) in [5.41, 5.74) is 1.66. The van der Waals surface area contributed by atoms with Gasteiger partial charge in [0, 0.05) is 16.3 Å². The summed E-state index contributed by atoms with van der Waals surface area (Å²) in [5.74, 6) is -0.702. The van der Waals surface area contributed by atoms with Gasteiger partial charge in [-0.1, -0.05) is 31.5 Å². The second-order valence-electron chi connectivity index (χ2n) is 7.78. The molecule has 1 saturated heterocycles. The van der Waals surface area contributed by atoms with Crippen LogP contribution in [0.4, 0.5) is 5.69 Å². The van der Waals surface area contributed by atoms with Crippen molar-refractivity contribution < 1.29 is 23.8 Å². The number of carbonyl (C=O) groups is 2. The molecule has 0 saturated carbocycles. The molecule has 1 atom stereocenters. The Kier molecular flexibility index (Phi) is 5.80. The van der Waals surface area contributed by atoms with Crippen LogP contribution >= 0.6 is 11.6 Å². The van der Waals surface area contributed by atoms with E-state index in [0.29, 0.717) is 27.8 Å². The molecule has 2 aromatic carbocycles. The number of ether oxygens (including phenoxy) is 1. The van der Waals surface area contributed by atoms with E-state index in [4.69, 9.17) is 20.8 Å². The molecule has 1 amide bonds. The van der Waals surface area contributed by atoms with E-state index in [1.807, 2.05) is 13.8 Å². The van der Waals surface area contributed by atoms with Crippen LogP contribution in [-0.4, -0.2) is 23.9 Å². The third-order valence-corrected chi connectivity index (χ3v) is 5.70. The van der Waals surface area contributed by atoms with Gasteiger partial charge in [0.15, 0.2) is 0 Å². The standard InChI is InChI=1S/C25H22ClNO5/c1-14(2)18-12-15(9-10-19(18)31-3)23(28)21-22(20-8-5-11-32-20)27(25(30)24(21)29)17-7-4-6-16(26)13-17/h4-14,22,28H,1-3H3/b23-21-. The topological polar surface area (TPSA) is 80.0 Å². The number of methoxy groups -OCH3 is 1. The van der Waals surface area contributed by atoms with Crippen LogP contribution in [0.25, 0.3) is 5.76 Å². The molecular formula is C25H22ClNO5. The van der Waals surface area contributed by atoms with Crippen molar-refractivity contribution in [3.8, 4) is 5.75 Å². The van der Waals surface area contributed by atoms with Crippen molar-refractivity contribution in [3.05, 3.63) is 88.3 Å². The first-order valence-electron chi connectivity index (χ1n) is 10.1. The quantitative estimate of drug-likeness (QED) is 0.306. The Morgan fingerprint density at radius 1 is 1.12 bits per heavy atom. The van der Waals surface area contributed by atoms with Crippen molar-refractivity contribution in [1.29, 1.82) is 0 Å². The first kappa shape index (κ1) is 21.7. The number of rotatable bonds is 5. The van der Waals surface area contributed by atoms with E-state index in [0.717, 1.165) is 5.56 Å². The van der Waals surface area contributed by atoms with Crippen LogP contribution in [0.15, 0.2) is 70.9 Å². The molecule has 6 nitrogen and oxygen atoms in total. The Hall–Kier alpha value is -3.51. The molecule has 3 aromatic rings. The molecule has 0 spiro atoms. The van der Waals surface area contributed by atoms with Gasteiger partial charge in [-0.3, -0.25) is 14.5 Å². The minimum absolute atomic E-state index is 0.0511. The van der Waals surface area contributed by atoms with Gasteiger partial charge in [0.25, 0.3) is 11.7 Å². The Balaban J connectivity index is 1.92. The van der Waals surface area contributed by atoms with Gasteiger partial charge in [-0.05, 0) is 60.0 Å². The zero-order chi connectivity index (χ0) is 23.0. The van der Waals surface area contributed by atoms with Crippen LogP contribution in [0, 0.1) is 0 Å². The predicted molar refractivity (Wildman–Crippen MR) is 122 cm³/mol. The van der Waals surface area contributed by atoms with Crippen molar-refractivity contribution in [2.45, 2.75) is 25.8 Å². The molecule has 1 unspecified atom stereocenters. The van der Waals surface area contributed by atoms with E-state index in [1.54, 1.807) is 61.7 Å². The molecule has 0 bridgehead atoms. The Morgan fingerprint density at radius 3 is 2.53 bits per heavy atom. The second-order valence-corrected chi connectivity index (χ2v) is 8.21. The summed E-state index contributed by atoms with van der Waals surface area (Å²) in [4.78, 5) is 27.5. The van der Waals surface area contributed by atoms with E-state index >= 15 is 0 Å². The molecule has 1 aliphatic rings. The molecule has 1 aliphatic heterocycles. The smallest absolute Gasteiger partial charge is 0.300 e. The summed E-state index contributed by atoms with van der Waals surface area (Å²) in [6.45, 7) is 4.01. The lowest BCUT2D eigenvalue weighted by Crippen LogP contribution is -2.29. The fourth-order valence-electron chi connectivity index (χ4n) is 3.93. The average molecular weight is 452 g/mol. The molecule has 0 radical (unpaired) electrons. The van der Waals surface area contributed by atoms with Gasteiger partial charge in [0.1, 0.15) is 23.3 Å². The number of aliphatic hydroxyl groups excluding tert-OH is 1. The van der Waals surface area contributed by atoms with Crippen molar-refractivity contribution >= 4 is 34.7 Å². The molecule has 1 aromatic heterocycles. The highest BCUT2D eigenvalue weighted by atomic mass is 35.5. The molecule has 7 heteroatoms. The number of carbonyl (C=O) groups excluding carboxylic acids is 2. The van der Waals surface area contributed by atoms with Gasteiger partial charge < -0.3 is 14.3 Å². The van der Waals surface area contributed by atoms with Crippen LogP contribution in [-0.2, 0) is 9.59 Å². The zero-order valence-corrected chi connectivity index (χ0v) is 18.6. The lowest BCUT2D eigenvalue weighted by molar-refractivity contribution is -0.132. The number of halogens is 1. The second kappa shape index (κ2) is 8.55. The van der Waals surface area contributed by atoms with Crippen LogP contribution in [0.5, 0.6) is 5.75 Å². The number of nitrogens with zero attached hydrogens (tertiary/aromatic N) is 1. The van der Waals surface area contributed by atoms with E-state index in [-0.39, 0.29) is 17.3 Å². The Labute approximate surface area is 190 Å². The number of benzene rings is 2. The predicted octanol–water partition coefficient (Wildman–Crippen LogP) is 5.69. The maximum Gasteiger partial charge on any atom is 0.300 e. The number of hydrogen-bond donors (Lipinski definition) is 1. The third kappa shape index (κ3) is 3.67. The molecule has 2 heterocycles. The van der Waals surface area contributed by atoms with Crippen molar-refractivity contribution in [3.63, 3.8) is 0 Å². The van der Waals surface area contributed by atoms with Crippen molar-refractivity contribution in [2.24, 2.45) is 0 Å². The summed E-state index contributed by atoms with van der Waals surface area (Å²) in [5, 5.41) is 11.7. The molecule has 32 heavy (non-hydrogen) atoms. The third-order valence-electron chi connectivity index (χ3n) is 5.47. The first-order valence-corrected chi connectivity index (χ1v) is 10.5. The molecule has 4 rings (SSSR count). The highest BCUT2D eigenvalue weighted by Gasteiger charge is 2.48. The summed E-state index contributed by atoms with van der Waals surface area (Å²) in [6.07, 6.45) is 1.46.